The fourth-order valence-corrected chi connectivity index (χ4v) is 2.03. The minimum atomic E-state index is -1.15. The van der Waals surface area contributed by atoms with Crippen molar-refractivity contribution >= 4 is 23.4 Å². The molecule has 1 aliphatic heterocycles. The number of benzene rings is 1. The van der Waals surface area contributed by atoms with E-state index in [1.54, 1.807) is 18.2 Å². The minimum absolute atomic E-state index is 0.107. The van der Waals surface area contributed by atoms with Gasteiger partial charge in [-0.3, -0.25) is 14.9 Å². The maximum absolute atomic E-state index is 12.1. The van der Waals surface area contributed by atoms with E-state index in [2.05, 4.69) is 5.32 Å². The highest BCUT2D eigenvalue weighted by atomic mass is 16.7. The smallest absolute Gasteiger partial charge is 0.433 e. The van der Waals surface area contributed by atoms with Crippen LogP contribution in [0.3, 0.4) is 0 Å². The molecule has 0 fully saturated rings. The topological polar surface area (TPSA) is 130 Å². The van der Waals surface area contributed by atoms with Gasteiger partial charge >= 0.3 is 11.9 Å². The van der Waals surface area contributed by atoms with E-state index in [1.807, 2.05) is 0 Å². The summed E-state index contributed by atoms with van der Waals surface area (Å²) in [6.07, 6.45) is -1.15. The molecule has 2 heterocycles. The van der Waals surface area contributed by atoms with Gasteiger partial charge in [0.1, 0.15) is 4.92 Å². The largest absolute Gasteiger partial charge is 0.454 e. The number of hydrogen-bond acceptors (Lipinski definition) is 8. The lowest BCUT2D eigenvalue weighted by molar-refractivity contribution is -0.402. The average Bonchev–Trinajstić information content (AvgIpc) is 3.23. The van der Waals surface area contributed by atoms with Gasteiger partial charge in [-0.15, -0.1) is 0 Å². The summed E-state index contributed by atoms with van der Waals surface area (Å²) < 4.78 is 20.0. The van der Waals surface area contributed by atoms with Crippen molar-refractivity contribution in [3.8, 4) is 11.5 Å². The van der Waals surface area contributed by atoms with Crippen molar-refractivity contribution in [1.82, 2.24) is 0 Å². The molecule has 130 valence electrons. The van der Waals surface area contributed by atoms with Crippen LogP contribution in [0, 0.1) is 10.1 Å². The number of nitrogens with zero attached hydrogens (tertiary/aromatic N) is 1. The highest BCUT2D eigenvalue weighted by Crippen LogP contribution is 2.34. The van der Waals surface area contributed by atoms with Crippen molar-refractivity contribution in [3.63, 3.8) is 0 Å². The molecule has 3 rings (SSSR count). The van der Waals surface area contributed by atoms with Crippen LogP contribution in [0.4, 0.5) is 11.6 Å². The first-order chi connectivity index (χ1) is 11.9. The Kier molecular flexibility index (Phi) is 4.25. The summed E-state index contributed by atoms with van der Waals surface area (Å²) in [5, 5.41) is 13.1. The molecule has 25 heavy (non-hydrogen) atoms. The predicted molar refractivity (Wildman–Crippen MR) is 81.4 cm³/mol. The molecular formula is C15H12N2O8. The number of carbonyl (C=O) groups is 2. The maximum Gasteiger partial charge on any atom is 0.433 e. The van der Waals surface area contributed by atoms with Crippen LogP contribution in [-0.4, -0.2) is 29.7 Å². The van der Waals surface area contributed by atoms with Gasteiger partial charge in [-0.2, -0.15) is 0 Å². The number of amides is 1. The van der Waals surface area contributed by atoms with Gasteiger partial charge < -0.3 is 23.9 Å². The summed E-state index contributed by atoms with van der Waals surface area (Å²) in [6.45, 7) is 1.47. The molecule has 1 N–H and O–H groups in total. The fraction of sp³-hybridized carbons (Fsp3) is 0.200. The molecule has 0 aliphatic carbocycles. The van der Waals surface area contributed by atoms with Crippen LogP contribution in [0.1, 0.15) is 17.5 Å². The molecule has 0 saturated heterocycles. The minimum Gasteiger partial charge on any atom is -0.454 e. The van der Waals surface area contributed by atoms with Crippen LogP contribution in [0.25, 0.3) is 0 Å². The Labute approximate surface area is 140 Å². The Morgan fingerprint density at radius 3 is 2.72 bits per heavy atom. The van der Waals surface area contributed by atoms with Crippen molar-refractivity contribution in [2.24, 2.45) is 0 Å². The number of ether oxygens (including phenoxy) is 3. The van der Waals surface area contributed by atoms with E-state index in [0.717, 1.165) is 12.1 Å². The summed E-state index contributed by atoms with van der Waals surface area (Å²) in [6, 6.07) is 6.94. The maximum atomic E-state index is 12.1. The summed E-state index contributed by atoms with van der Waals surface area (Å²) in [4.78, 5) is 33.7. The first kappa shape index (κ1) is 16.3. The van der Waals surface area contributed by atoms with Crippen LogP contribution in [0.15, 0.2) is 34.7 Å². The quantitative estimate of drug-likeness (QED) is 0.494. The van der Waals surface area contributed by atoms with E-state index in [0.29, 0.717) is 17.2 Å². The molecule has 1 aromatic carbocycles. The summed E-state index contributed by atoms with van der Waals surface area (Å²) in [5.74, 6) is -1.48. The van der Waals surface area contributed by atoms with Crippen LogP contribution in [0.2, 0.25) is 0 Å². The van der Waals surface area contributed by atoms with Crippen molar-refractivity contribution in [2.45, 2.75) is 13.0 Å². The number of hydrogen-bond donors (Lipinski definition) is 1. The third-order valence-electron chi connectivity index (χ3n) is 3.27. The predicted octanol–water partition coefficient (Wildman–Crippen LogP) is 2.10. The lowest BCUT2D eigenvalue weighted by Crippen LogP contribution is -2.29. The van der Waals surface area contributed by atoms with Crippen molar-refractivity contribution in [3.05, 3.63) is 46.2 Å². The Hall–Kier alpha value is -3.56. The van der Waals surface area contributed by atoms with Gasteiger partial charge in [-0.25, -0.2) is 4.79 Å². The zero-order valence-corrected chi connectivity index (χ0v) is 12.9. The van der Waals surface area contributed by atoms with Crippen molar-refractivity contribution in [1.29, 1.82) is 0 Å². The van der Waals surface area contributed by atoms with E-state index >= 15 is 0 Å². The van der Waals surface area contributed by atoms with Gasteiger partial charge in [-0.05, 0) is 25.1 Å². The second-order valence-corrected chi connectivity index (χ2v) is 5.00. The molecule has 2 aromatic rings. The zero-order chi connectivity index (χ0) is 18.0. The van der Waals surface area contributed by atoms with Crippen LogP contribution in [0.5, 0.6) is 11.5 Å². The molecule has 0 radical (unpaired) electrons. The molecule has 1 aliphatic rings. The number of nitrogens with one attached hydrogen (secondary N) is 1. The van der Waals surface area contributed by atoms with Crippen molar-refractivity contribution in [2.75, 3.05) is 12.1 Å². The number of anilines is 1. The van der Waals surface area contributed by atoms with Gasteiger partial charge in [0.05, 0.1) is 6.07 Å². The monoisotopic (exact) mass is 348 g/mol. The van der Waals surface area contributed by atoms with Crippen LogP contribution < -0.4 is 14.8 Å². The lowest BCUT2D eigenvalue weighted by Gasteiger charge is -2.12. The Balaban J connectivity index is 1.60. The molecule has 0 saturated carbocycles. The molecule has 10 heteroatoms. The molecule has 1 amide bonds. The molecule has 0 spiro atoms. The van der Waals surface area contributed by atoms with E-state index in [-0.39, 0.29) is 12.6 Å². The summed E-state index contributed by atoms with van der Waals surface area (Å²) >= 11 is 0. The lowest BCUT2D eigenvalue weighted by atomic mass is 10.2. The summed E-state index contributed by atoms with van der Waals surface area (Å²) in [5.41, 5.74) is 0.436. The molecule has 10 nitrogen and oxygen atoms in total. The number of esters is 1. The Bertz CT molecular complexity index is 844. The van der Waals surface area contributed by atoms with E-state index in [9.17, 15) is 19.7 Å². The fourth-order valence-electron chi connectivity index (χ4n) is 2.03. The number of rotatable bonds is 5. The zero-order valence-electron chi connectivity index (χ0n) is 12.9. The normalized spacial score (nSPS) is 13.2. The molecule has 0 bridgehead atoms. The number of nitro groups is 1. The summed E-state index contributed by atoms with van der Waals surface area (Å²) in [7, 11) is 0. The first-order valence-corrected chi connectivity index (χ1v) is 7.10. The first-order valence-electron chi connectivity index (χ1n) is 7.10. The Morgan fingerprint density at radius 1 is 1.24 bits per heavy atom. The van der Waals surface area contributed by atoms with Crippen LogP contribution in [-0.2, 0) is 9.53 Å². The van der Waals surface area contributed by atoms with Gasteiger partial charge in [0.2, 0.25) is 12.6 Å². The highest BCUT2D eigenvalue weighted by Gasteiger charge is 2.24. The third kappa shape index (κ3) is 3.52. The third-order valence-corrected chi connectivity index (χ3v) is 3.27. The van der Waals surface area contributed by atoms with Gasteiger partial charge in [0, 0.05) is 11.8 Å². The highest BCUT2D eigenvalue weighted by molar-refractivity contribution is 5.96. The van der Waals surface area contributed by atoms with Gasteiger partial charge in [0.25, 0.3) is 5.91 Å². The molecule has 0 unspecified atom stereocenters. The second kappa shape index (κ2) is 6.51. The standard InChI is InChI=1S/C15H12N2O8/c1-8(24-15(19)11-4-5-13(25-11)17(20)21)14(18)16-9-2-3-10-12(6-9)23-7-22-10/h2-6,8H,7H2,1H3,(H,16,18)/t8-/m1/s1. The average molecular weight is 348 g/mol. The number of furan rings is 1. The van der Waals surface area contributed by atoms with E-state index in [4.69, 9.17) is 18.6 Å². The molecule has 1 aromatic heterocycles. The van der Waals surface area contributed by atoms with E-state index in [1.165, 1.54) is 6.92 Å². The number of carbonyl (C=O) groups excluding carboxylic acids is 2. The SMILES string of the molecule is C[C@@H](OC(=O)c1ccc([N+](=O)[O-])o1)C(=O)Nc1ccc2c(c1)OCO2. The molecule has 1 atom stereocenters. The van der Waals surface area contributed by atoms with Crippen molar-refractivity contribution < 1.29 is 33.1 Å². The molecular weight excluding hydrogens is 336 g/mol. The Morgan fingerprint density at radius 2 is 2.00 bits per heavy atom. The van der Waals surface area contributed by atoms with E-state index < -0.39 is 28.8 Å². The van der Waals surface area contributed by atoms with Gasteiger partial charge in [0.15, 0.2) is 17.6 Å². The van der Waals surface area contributed by atoms with Crippen LogP contribution >= 0.6 is 0 Å². The second-order valence-electron chi connectivity index (χ2n) is 5.00. The number of fused-ring (bicyclic) bond motifs is 1. The van der Waals surface area contributed by atoms with Gasteiger partial charge in [-0.1, -0.05) is 0 Å².